The molecule has 0 N–H and O–H groups in total. The number of hydrogen-bond acceptors (Lipinski definition) is 1. The van der Waals surface area contributed by atoms with Gasteiger partial charge in [-0.05, 0) is 41.4 Å². The quantitative estimate of drug-likeness (QED) is 0.610. The lowest BCUT2D eigenvalue weighted by molar-refractivity contribution is -0.124. The van der Waals surface area contributed by atoms with Gasteiger partial charge in [0, 0.05) is 12.3 Å². The van der Waals surface area contributed by atoms with E-state index in [0.717, 1.165) is 24.2 Å². The molecule has 0 amide bonds. The Morgan fingerprint density at radius 1 is 1.19 bits per heavy atom. The lowest BCUT2D eigenvalue weighted by Gasteiger charge is -2.27. The fourth-order valence-corrected chi connectivity index (χ4v) is 5.05. The van der Waals surface area contributed by atoms with Gasteiger partial charge in [0.2, 0.25) is 0 Å². The van der Waals surface area contributed by atoms with E-state index in [0.29, 0.717) is 29.0 Å². The molecule has 16 heavy (non-hydrogen) atoms. The maximum atomic E-state index is 12.2. The summed E-state index contributed by atoms with van der Waals surface area (Å²) in [6.45, 7) is 9.37. The topological polar surface area (TPSA) is 17.1 Å². The van der Waals surface area contributed by atoms with Gasteiger partial charge in [-0.3, -0.25) is 4.79 Å². The van der Waals surface area contributed by atoms with Crippen molar-refractivity contribution < 1.29 is 4.79 Å². The molecule has 0 aromatic rings. The lowest BCUT2D eigenvalue weighted by Crippen LogP contribution is -2.26. The van der Waals surface area contributed by atoms with Crippen LogP contribution < -0.4 is 0 Å². The first-order chi connectivity index (χ1) is 7.44. The molecule has 0 bridgehead atoms. The number of carbonyl (C=O) groups excluding carboxylic acids is 1. The summed E-state index contributed by atoms with van der Waals surface area (Å²) >= 11 is 0. The van der Waals surface area contributed by atoms with Crippen LogP contribution in [-0.2, 0) is 4.79 Å². The molecule has 0 aliphatic heterocycles. The minimum absolute atomic E-state index is 0.346. The van der Waals surface area contributed by atoms with E-state index >= 15 is 0 Å². The van der Waals surface area contributed by atoms with Crippen molar-refractivity contribution in [2.75, 3.05) is 0 Å². The predicted molar refractivity (Wildman–Crippen MR) is 64.9 cm³/mol. The van der Waals surface area contributed by atoms with Crippen LogP contribution in [0.3, 0.4) is 0 Å². The van der Waals surface area contributed by atoms with E-state index in [1.54, 1.807) is 0 Å². The summed E-state index contributed by atoms with van der Waals surface area (Å²) in [7, 11) is 0. The Labute approximate surface area is 99.0 Å². The molecule has 0 aromatic heterocycles. The molecule has 0 unspecified atom stereocenters. The summed E-state index contributed by atoms with van der Waals surface area (Å²) in [5.41, 5.74) is 0.456. The van der Waals surface area contributed by atoms with E-state index in [1.165, 1.54) is 12.8 Å². The van der Waals surface area contributed by atoms with E-state index < -0.39 is 0 Å². The number of ketones is 1. The highest BCUT2D eigenvalue weighted by Gasteiger charge is 2.66. The summed E-state index contributed by atoms with van der Waals surface area (Å²) in [5, 5.41) is 0. The molecule has 1 nitrogen and oxygen atoms in total. The van der Waals surface area contributed by atoms with Gasteiger partial charge in [-0.1, -0.05) is 34.1 Å². The molecule has 3 rings (SSSR count). The first kappa shape index (κ1) is 10.8. The Kier molecular flexibility index (Phi) is 2.10. The Hall–Kier alpha value is -0.330. The Bertz CT molecular complexity index is 330. The van der Waals surface area contributed by atoms with E-state index in [-0.39, 0.29) is 0 Å². The Balaban J connectivity index is 1.96. The Morgan fingerprint density at radius 2 is 1.88 bits per heavy atom. The molecular formula is C15H24O. The molecule has 0 spiro atoms. The van der Waals surface area contributed by atoms with Gasteiger partial charge in [0.25, 0.3) is 0 Å². The minimum Gasteiger partial charge on any atom is -0.299 e. The van der Waals surface area contributed by atoms with Gasteiger partial charge in [-0.25, -0.2) is 0 Å². The number of Topliss-reactive ketones (excluding diaryl/α,β-unsaturated/α-hetero) is 1. The normalized spacial score (nSPS) is 54.1. The fourth-order valence-electron chi connectivity index (χ4n) is 5.05. The highest BCUT2D eigenvalue weighted by Crippen LogP contribution is 2.70. The molecular weight excluding hydrogens is 196 g/mol. The largest absolute Gasteiger partial charge is 0.299 e. The molecule has 0 aromatic carbocycles. The fraction of sp³-hybridized carbons (Fsp3) is 0.933. The van der Waals surface area contributed by atoms with Gasteiger partial charge in [0.1, 0.15) is 5.78 Å². The molecule has 90 valence electrons. The van der Waals surface area contributed by atoms with Crippen LogP contribution >= 0.6 is 0 Å². The predicted octanol–water partition coefficient (Wildman–Crippen LogP) is 3.53. The average molecular weight is 220 g/mol. The number of carbonyl (C=O) groups is 1. The third-order valence-corrected chi connectivity index (χ3v) is 6.23. The zero-order valence-corrected chi connectivity index (χ0v) is 11.0. The highest BCUT2D eigenvalue weighted by molar-refractivity contribution is 5.82. The second-order valence-electron chi connectivity index (χ2n) is 7.21. The zero-order chi connectivity index (χ0) is 11.7. The number of rotatable bonds is 0. The van der Waals surface area contributed by atoms with Gasteiger partial charge >= 0.3 is 0 Å². The summed E-state index contributed by atoms with van der Waals surface area (Å²) in [6.07, 6.45) is 3.53. The lowest BCUT2D eigenvalue weighted by atomic mass is 9.77. The second-order valence-corrected chi connectivity index (χ2v) is 7.21. The highest BCUT2D eigenvalue weighted by atomic mass is 16.1. The van der Waals surface area contributed by atoms with Crippen LogP contribution in [0.2, 0.25) is 0 Å². The maximum Gasteiger partial charge on any atom is 0.136 e. The first-order valence-corrected chi connectivity index (χ1v) is 6.97. The van der Waals surface area contributed by atoms with Gasteiger partial charge in [0.05, 0.1) is 0 Å². The van der Waals surface area contributed by atoms with E-state index in [2.05, 4.69) is 27.7 Å². The SMILES string of the molecule is C[C@@H]1CC[C@H]2[C@H]1[C@@H]1[C@@H](CC(=O)[C@H]2C)C1(C)C. The van der Waals surface area contributed by atoms with Gasteiger partial charge in [-0.15, -0.1) is 0 Å². The summed E-state index contributed by atoms with van der Waals surface area (Å²) < 4.78 is 0. The molecule has 0 heterocycles. The third kappa shape index (κ3) is 1.21. The van der Waals surface area contributed by atoms with Crippen LogP contribution in [0, 0.1) is 40.9 Å². The monoisotopic (exact) mass is 220 g/mol. The van der Waals surface area contributed by atoms with Gasteiger partial charge < -0.3 is 0 Å². The average Bonchev–Trinajstić information content (AvgIpc) is 2.58. The van der Waals surface area contributed by atoms with Crippen molar-refractivity contribution in [3.8, 4) is 0 Å². The van der Waals surface area contributed by atoms with Crippen LogP contribution in [0.5, 0.6) is 0 Å². The standard InChI is InChI=1S/C15H24O/c1-8-5-6-10-9(2)12(16)7-11-14(13(8)10)15(11,3)4/h8-11,13-14H,5-7H2,1-4H3/t8-,9+,10-,11-,13+,14+/m1/s1. The van der Waals surface area contributed by atoms with Crippen molar-refractivity contribution in [1.29, 1.82) is 0 Å². The molecule has 0 saturated heterocycles. The van der Waals surface area contributed by atoms with Crippen LogP contribution in [0.25, 0.3) is 0 Å². The maximum absolute atomic E-state index is 12.2. The van der Waals surface area contributed by atoms with Crippen LogP contribution in [0.4, 0.5) is 0 Å². The third-order valence-electron chi connectivity index (χ3n) is 6.23. The van der Waals surface area contributed by atoms with Crippen molar-refractivity contribution in [3.63, 3.8) is 0 Å². The number of fused-ring (bicyclic) bond motifs is 3. The van der Waals surface area contributed by atoms with Crippen molar-refractivity contribution in [2.45, 2.75) is 47.0 Å². The van der Waals surface area contributed by atoms with Crippen LogP contribution in [-0.4, -0.2) is 5.78 Å². The summed E-state index contributed by atoms with van der Waals surface area (Å²) in [4.78, 5) is 12.2. The van der Waals surface area contributed by atoms with Crippen LogP contribution in [0.15, 0.2) is 0 Å². The summed E-state index contributed by atoms with van der Waals surface area (Å²) in [6, 6.07) is 0. The van der Waals surface area contributed by atoms with Crippen molar-refractivity contribution in [1.82, 2.24) is 0 Å². The van der Waals surface area contributed by atoms with Gasteiger partial charge in [0.15, 0.2) is 0 Å². The molecule has 3 aliphatic carbocycles. The van der Waals surface area contributed by atoms with Crippen molar-refractivity contribution in [2.24, 2.45) is 40.9 Å². The van der Waals surface area contributed by atoms with Crippen LogP contribution in [0.1, 0.15) is 47.0 Å². The molecule has 3 fully saturated rings. The summed E-state index contributed by atoms with van der Waals surface area (Å²) in [5.74, 6) is 4.87. The smallest absolute Gasteiger partial charge is 0.136 e. The Morgan fingerprint density at radius 3 is 2.56 bits per heavy atom. The molecule has 6 atom stereocenters. The van der Waals surface area contributed by atoms with Crippen molar-refractivity contribution in [3.05, 3.63) is 0 Å². The minimum atomic E-state index is 0.346. The molecule has 0 radical (unpaired) electrons. The zero-order valence-electron chi connectivity index (χ0n) is 11.0. The van der Waals surface area contributed by atoms with E-state index in [9.17, 15) is 4.79 Å². The number of hydrogen-bond donors (Lipinski definition) is 0. The van der Waals surface area contributed by atoms with E-state index in [1.807, 2.05) is 0 Å². The van der Waals surface area contributed by atoms with Gasteiger partial charge in [-0.2, -0.15) is 0 Å². The first-order valence-electron chi connectivity index (χ1n) is 6.97. The molecule has 3 aliphatic rings. The molecule has 1 heteroatoms. The second kappa shape index (κ2) is 3.11. The van der Waals surface area contributed by atoms with Crippen molar-refractivity contribution >= 4 is 5.78 Å². The molecule has 3 saturated carbocycles. The van der Waals surface area contributed by atoms with E-state index in [4.69, 9.17) is 0 Å².